The molecule has 2 N–H and O–H groups in total. The predicted octanol–water partition coefficient (Wildman–Crippen LogP) is 2.46. The van der Waals surface area contributed by atoms with E-state index in [1.807, 2.05) is 0 Å². The van der Waals surface area contributed by atoms with Crippen LogP contribution in [0.5, 0.6) is 0 Å². The molecule has 3 heteroatoms. The van der Waals surface area contributed by atoms with Gasteiger partial charge in [-0.2, -0.15) is 0 Å². The van der Waals surface area contributed by atoms with Gasteiger partial charge in [0.15, 0.2) is 0 Å². The zero-order chi connectivity index (χ0) is 13.1. The first-order valence-electron chi connectivity index (χ1n) is 6.49. The summed E-state index contributed by atoms with van der Waals surface area (Å²) in [4.78, 5) is 4.60. The SMILES string of the molecule is CCc1ccc(-c2c(C)nc(CCN)n2C)cc1. The quantitative estimate of drug-likeness (QED) is 0.896. The van der Waals surface area contributed by atoms with Crippen LogP contribution >= 0.6 is 0 Å². The molecule has 3 nitrogen and oxygen atoms in total. The lowest BCUT2D eigenvalue weighted by atomic mass is 10.1. The van der Waals surface area contributed by atoms with E-state index in [9.17, 15) is 0 Å². The van der Waals surface area contributed by atoms with E-state index in [1.165, 1.54) is 16.8 Å². The van der Waals surface area contributed by atoms with Crippen molar-refractivity contribution in [1.82, 2.24) is 9.55 Å². The molecule has 1 aromatic carbocycles. The average Bonchev–Trinajstić information content (AvgIpc) is 2.65. The summed E-state index contributed by atoms with van der Waals surface area (Å²) >= 11 is 0. The molecular formula is C15H21N3. The molecule has 0 atom stereocenters. The van der Waals surface area contributed by atoms with E-state index >= 15 is 0 Å². The van der Waals surface area contributed by atoms with E-state index in [0.717, 1.165) is 24.4 Å². The molecule has 0 bridgehead atoms. The van der Waals surface area contributed by atoms with Crippen LogP contribution in [0, 0.1) is 6.92 Å². The van der Waals surface area contributed by atoms with Gasteiger partial charge in [0.1, 0.15) is 5.82 Å². The van der Waals surface area contributed by atoms with Gasteiger partial charge in [-0.05, 0) is 25.5 Å². The molecule has 1 aromatic heterocycles. The van der Waals surface area contributed by atoms with Gasteiger partial charge >= 0.3 is 0 Å². The molecule has 0 radical (unpaired) electrons. The Morgan fingerprint density at radius 1 is 1.22 bits per heavy atom. The summed E-state index contributed by atoms with van der Waals surface area (Å²) in [5.41, 5.74) is 10.5. The van der Waals surface area contributed by atoms with Crippen molar-refractivity contribution < 1.29 is 0 Å². The van der Waals surface area contributed by atoms with Gasteiger partial charge < -0.3 is 10.3 Å². The van der Waals surface area contributed by atoms with Crippen LogP contribution < -0.4 is 5.73 Å². The number of aryl methyl sites for hydroxylation is 2. The van der Waals surface area contributed by atoms with Crippen LogP contribution in [-0.2, 0) is 19.9 Å². The minimum absolute atomic E-state index is 0.637. The number of imidazole rings is 1. The summed E-state index contributed by atoms with van der Waals surface area (Å²) in [7, 11) is 2.06. The smallest absolute Gasteiger partial charge is 0.110 e. The van der Waals surface area contributed by atoms with E-state index in [-0.39, 0.29) is 0 Å². The topological polar surface area (TPSA) is 43.8 Å². The van der Waals surface area contributed by atoms with Crippen molar-refractivity contribution in [3.63, 3.8) is 0 Å². The predicted molar refractivity (Wildman–Crippen MR) is 75.5 cm³/mol. The molecule has 0 spiro atoms. The van der Waals surface area contributed by atoms with E-state index < -0.39 is 0 Å². The maximum atomic E-state index is 5.61. The summed E-state index contributed by atoms with van der Waals surface area (Å²) in [6, 6.07) is 8.72. The van der Waals surface area contributed by atoms with Gasteiger partial charge in [0.05, 0.1) is 11.4 Å². The zero-order valence-corrected chi connectivity index (χ0v) is 11.4. The van der Waals surface area contributed by atoms with Crippen LogP contribution in [-0.4, -0.2) is 16.1 Å². The number of hydrogen-bond donors (Lipinski definition) is 1. The maximum Gasteiger partial charge on any atom is 0.110 e. The molecule has 0 aliphatic rings. The molecule has 0 saturated heterocycles. The monoisotopic (exact) mass is 243 g/mol. The molecule has 0 unspecified atom stereocenters. The van der Waals surface area contributed by atoms with Crippen molar-refractivity contribution >= 4 is 0 Å². The van der Waals surface area contributed by atoms with E-state index in [0.29, 0.717) is 6.54 Å². The molecule has 2 aromatic rings. The summed E-state index contributed by atoms with van der Waals surface area (Å²) < 4.78 is 2.16. The van der Waals surface area contributed by atoms with Crippen LogP contribution in [0.2, 0.25) is 0 Å². The normalized spacial score (nSPS) is 10.9. The Labute approximate surface area is 109 Å². The van der Waals surface area contributed by atoms with Gasteiger partial charge in [0.25, 0.3) is 0 Å². The number of nitrogens with two attached hydrogens (primary N) is 1. The lowest BCUT2D eigenvalue weighted by molar-refractivity contribution is 0.782. The van der Waals surface area contributed by atoms with Crippen molar-refractivity contribution in [2.45, 2.75) is 26.7 Å². The van der Waals surface area contributed by atoms with Crippen LogP contribution in [0.3, 0.4) is 0 Å². The van der Waals surface area contributed by atoms with Crippen LogP contribution in [0.4, 0.5) is 0 Å². The Kier molecular flexibility index (Phi) is 3.82. The third-order valence-corrected chi connectivity index (χ3v) is 3.37. The van der Waals surface area contributed by atoms with Crippen molar-refractivity contribution in [3.05, 3.63) is 41.3 Å². The minimum atomic E-state index is 0.637. The fraction of sp³-hybridized carbons (Fsp3) is 0.400. The Bertz CT molecular complexity index is 523. The Morgan fingerprint density at radius 2 is 1.89 bits per heavy atom. The first-order chi connectivity index (χ1) is 8.67. The van der Waals surface area contributed by atoms with Crippen molar-refractivity contribution in [1.29, 1.82) is 0 Å². The van der Waals surface area contributed by atoms with Crippen molar-refractivity contribution in [2.75, 3.05) is 6.54 Å². The second-order valence-electron chi connectivity index (χ2n) is 4.61. The second kappa shape index (κ2) is 5.36. The van der Waals surface area contributed by atoms with Gasteiger partial charge in [-0.25, -0.2) is 4.98 Å². The van der Waals surface area contributed by atoms with Crippen LogP contribution in [0.25, 0.3) is 11.3 Å². The van der Waals surface area contributed by atoms with Crippen LogP contribution in [0.1, 0.15) is 24.0 Å². The van der Waals surface area contributed by atoms with Crippen molar-refractivity contribution in [2.24, 2.45) is 12.8 Å². The Hall–Kier alpha value is -1.61. The second-order valence-corrected chi connectivity index (χ2v) is 4.61. The first kappa shape index (κ1) is 12.8. The highest BCUT2D eigenvalue weighted by Crippen LogP contribution is 2.24. The lowest BCUT2D eigenvalue weighted by Crippen LogP contribution is -2.08. The minimum Gasteiger partial charge on any atom is -0.331 e. The van der Waals surface area contributed by atoms with Crippen molar-refractivity contribution in [3.8, 4) is 11.3 Å². The zero-order valence-electron chi connectivity index (χ0n) is 11.4. The summed E-state index contributed by atoms with van der Waals surface area (Å²) in [6.45, 7) is 4.87. The van der Waals surface area contributed by atoms with Gasteiger partial charge in [0.2, 0.25) is 0 Å². The lowest BCUT2D eigenvalue weighted by Gasteiger charge is -2.07. The standard InChI is InChI=1S/C15H21N3/c1-4-12-5-7-13(8-6-12)15-11(2)17-14(9-10-16)18(15)3/h5-8H,4,9-10,16H2,1-3H3. The molecule has 0 aliphatic carbocycles. The summed E-state index contributed by atoms with van der Waals surface area (Å²) in [6.07, 6.45) is 1.90. The van der Waals surface area contributed by atoms with Gasteiger partial charge in [0, 0.05) is 19.0 Å². The van der Waals surface area contributed by atoms with Crippen LogP contribution in [0.15, 0.2) is 24.3 Å². The fourth-order valence-corrected chi connectivity index (χ4v) is 2.35. The third kappa shape index (κ3) is 2.31. The molecule has 18 heavy (non-hydrogen) atoms. The highest BCUT2D eigenvalue weighted by Gasteiger charge is 2.12. The van der Waals surface area contributed by atoms with Gasteiger partial charge in [-0.1, -0.05) is 31.2 Å². The largest absolute Gasteiger partial charge is 0.331 e. The number of benzene rings is 1. The van der Waals surface area contributed by atoms with E-state index in [2.05, 4.69) is 54.7 Å². The highest BCUT2D eigenvalue weighted by molar-refractivity contribution is 5.63. The maximum absolute atomic E-state index is 5.61. The highest BCUT2D eigenvalue weighted by atomic mass is 15.1. The summed E-state index contributed by atoms with van der Waals surface area (Å²) in [5, 5.41) is 0. The number of hydrogen-bond acceptors (Lipinski definition) is 2. The Balaban J connectivity index is 2.43. The number of rotatable bonds is 4. The average molecular weight is 243 g/mol. The van der Waals surface area contributed by atoms with Gasteiger partial charge in [-0.3, -0.25) is 0 Å². The molecule has 2 rings (SSSR count). The number of aromatic nitrogens is 2. The fourth-order valence-electron chi connectivity index (χ4n) is 2.35. The number of nitrogens with zero attached hydrogens (tertiary/aromatic N) is 2. The first-order valence-corrected chi connectivity index (χ1v) is 6.49. The third-order valence-electron chi connectivity index (χ3n) is 3.37. The molecular weight excluding hydrogens is 222 g/mol. The molecule has 96 valence electrons. The molecule has 0 saturated carbocycles. The Morgan fingerprint density at radius 3 is 2.44 bits per heavy atom. The molecule has 0 amide bonds. The molecule has 0 aliphatic heterocycles. The van der Waals surface area contributed by atoms with Gasteiger partial charge in [-0.15, -0.1) is 0 Å². The molecule has 0 fully saturated rings. The summed E-state index contributed by atoms with van der Waals surface area (Å²) in [5.74, 6) is 1.06. The van der Waals surface area contributed by atoms with E-state index in [4.69, 9.17) is 5.73 Å². The molecule has 1 heterocycles. The van der Waals surface area contributed by atoms with E-state index in [1.54, 1.807) is 0 Å².